The minimum absolute atomic E-state index is 0.0272. The molecular formula is C20H30N2O3S. The van der Waals surface area contributed by atoms with E-state index in [0.717, 1.165) is 29.2 Å². The molecule has 1 aromatic carbocycles. The second-order valence-corrected chi connectivity index (χ2v) is 7.94. The molecule has 1 atom stereocenters. The second-order valence-electron chi connectivity index (χ2n) is 6.72. The van der Waals surface area contributed by atoms with Crippen LogP contribution in [-0.4, -0.2) is 42.5 Å². The van der Waals surface area contributed by atoms with E-state index in [1.807, 2.05) is 43.8 Å². The number of hydrogen-bond acceptors (Lipinski definition) is 4. The van der Waals surface area contributed by atoms with Gasteiger partial charge in [0.15, 0.2) is 0 Å². The molecule has 0 unspecified atom stereocenters. The van der Waals surface area contributed by atoms with Crippen LogP contribution in [0.4, 0.5) is 5.69 Å². The van der Waals surface area contributed by atoms with Crippen molar-refractivity contribution < 1.29 is 14.3 Å². The third-order valence-electron chi connectivity index (χ3n) is 4.18. The molecule has 2 amide bonds. The van der Waals surface area contributed by atoms with E-state index >= 15 is 0 Å². The fraction of sp³-hybridized carbons (Fsp3) is 0.600. The van der Waals surface area contributed by atoms with Crippen molar-refractivity contribution in [2.45, 2.75) is 52.6 Å². The predicted octanol–water partition coefficient (Wildman–Crippen LogP) is 3.54. The Labute approximate surface area is 160 Å². The number of nitrogens with one attached hydrogen (secondary N) is 1. The molecule has 1 aliphatic heterocycles. The molecule has 0 aliphatic carbocycles. The summed E-state index contributed by atoms with van der Waals surface area (Å²) in [5.74, 6) is 2.89. The molecule has 5 nitrogen and oxygen atoms in total. The van der Waals surface area contributed by atoms with Crippen molar-refractivity contribution in [3.8, 4) is 5.75 Å². The van der Waals surface area contributed by atoms with E-state index < -0.39 is 0 Å². The SMILES string of the molecule is CCCSCCCNC(=O)CCC(=O)N1C[C@H](C)Oc2ccc(C)cc21. The number of anilines is 1. The van der Waals surface area contributed by atoms with Gasteiger partial charge in [0, 0.05) is 19.4 Å². The first-order valence-corrected chi connectivity index (χ1v) is 10.6. The number of hydrogen-bond donors (Lipinski definition) is 1. The molecule has 0 spiro atoms. The van der Waals surface area contributed by atoms with E-state index in [1.165, 1.54) is 12.2 Å². The summed E-state index contributed by atoms with van der Waals surface area (Å²) < 4.78 is 5.81. The van der Waals surface area contributed by atoms with Gasteiger partial charge in [-0.15, -0.1) is 0 Å². The lowest BCUT2D eigenvalue weighted by Crippen LogP contribution is -2.42. The van der Waals surface area contributed by atoms with Crippen molar-refractivity contribution >= 4 is 29.3 Å². The Morgan fingerprint density at radius 1 is 1.31 bits per heavy atom. The van der Waals surface area contributed by atoms with E-state index in [0.29, 0.717) is 13.1 Å². The minimum Gasteiger partial charge on any atom is -0.487 e. The summed E-state index contributed by atoms with van der Waals surface area (Å²) in [6, 6.07) is 5.85. The maximum atomic E-state index is 12.7. The third kappa shape index (κ3) is 6.24. The summed E-state index contributed by atoms with van der Waals surface area (Å²) in [6.07, 6.45) is 2.55. The molecule has 0 radical (unpaired) electrons. The Kier molecular flexibility index (Phi) is 8.29. The van der Waals surface area contributed by atoms with Gasteiger partial charge in [0.25, 0.3) is 0 Å². The maximum absolute atomic E-state index is 12.7. The van der Waals surface area contributed by atoms with Gasteiger partial charge in [-0.3, -0.25) is 9.59 Å². The van der Waals surface area contributed by atoms with Crippen LogP contribution in [0.1, 0.15) is 45.1 Å². The van der Waals surface area contributed by atoms with Gasteiger partial charge in [-0.1, -0.05) is 13.0 Å². The fourth-order valence-corrected chi connectivity index (χ4v) is 3.72. The molecule has 2 rings (SSSR count). The van der Waals surface area contributed by atoms with Crippen molar-refractivity contribution in [3.05, 3.63) is 23.8 Å². The molecular weight excluding hydrogens is 348 g/mol. The number of amides is 2. The normalized spacial score (nSPS) is 16.0. The number of rotatable bonds is 9. The number of thioether (sulfide) groups is 1. The lowest BCUT2D eigenvalue weighted by atomic mass is 10.1. The van der Waals surface area contributed by atoms with E-state index in [-0.39, 0.29) is 30.8 Å². The second kappa shape index (κ2) is 10.5. The lowest BCUT2D eigenvalue weighted by Gasteiger charge is -2.33. The molecule has 26 heavy (non-hydrogen) atoms. The summed E-state index contributed by atoms with van der Waals surface area (Å²) in [6.45, 7) is 7.31. The number of ether oxygens (including phenoxy) is 1. The quantitative estimate of drug-likeness (QED) is 0.668. The van der Waals surface area contributed by atoms with Crippen molar-refractivity contribution in [3.63, 3.8) is 0 Å². The van der Waals surface area contributed by atoms with Crippen LogP contribution >= 0.6 is 11.8 Å². The highest BCUT2D eigenvalue weighted by Gasteiger charge is 2.27. The molecule has 1 N–H and O–H groups in total. The Morgan fingerprint density at radius 2 is 2.12 bits per heavy atom. The van der Waals surface area contributed by atoms with Gasteiger partial charge in [0.05, 0.1) is 12.2 Å². The van der Waals surface area contributed by atoms with Crippen LogP contribution in [0.3, 0.4) is 0 Å². The largest absolute Gasteiger partial charge is 0.487 e. The Morgan fingerprint density at radius 3 is 2.88 bits per heavy atom. The van der Waals surface area contributed by atoms with Crippen LogP contribution in [0.15, 0.2) is 18.2 Å². The van der Waals surface area contributed by atoms with Gasteiger partial charge >= 0.3 is 0 Å². The number of aryl methyl sites for hydroxylation is 1. The first kappa shape index (κ1) is 20.6. The number of benzene rings is 1. The first-order chi connectivity index (χ1) is 12.5. The van der Waals surface area contributed by atoms with Crippen molar-refractivity contribution in [1.82, 2.24) is 5.32 Å². The number of fused-ring (bicyclic) bond motifs is 1. The molecule has 0 aromatic heterocycles. The molecule has 0 bridgehead atoms. The monoisotopic (exact) mass is 378 g/mol. The number of carbonyl (C=O) groups is 2. The Balaban J connectivity index is 1.79. The lowest BCUT2D eigenvalue weighted by molar-refractivity contribution is -0.125. The number of nitrogens with zero attached hydrogens (tertiary/aromatic N) is 1. The highest BCUT2D eigenvalue weighted by atomic mass is 32.2. The topological polar surface area (TPSA) is 58.6 Å². The Hall–Kier alpha value is -1.69. The highest BCUT2D eigenvalue weighted by Crippen LogP contribution is 2.34. The van der Waals surface area contributed by atoms with Gasteiger partial charge in [0.2, 0.25) is 11.8 Å². The van der Waals surface area contributed by atoms with Gasteiger partial charge in [-0.2, -0.15) is 11.8 Å². The van der Waals surface area contributed by atoms with Gasteiger partial charge in [-0.25, -0.2) is 0 Å². The highest BCUT2D eigenvalue weighted by molar-refractivity contribution is 7.99. The van der Waals surface area contributed by atoms with Crippen LogP contribution in [0, 0.1) is 6.92 Å². The molecule has 1 heterocycles. The molecule has 144 valence electrons. The Bertz CT molecular complexity index is 621. The van der Waals surface area contributed by atoms with Gasteiger partial charge < -0.3 is 15.0 Å². The summed E-state index contributed by atoms with van der Waals surface area (Å²) in [5.41, 5.74) is 1.89. The minimum atomic E-state index is -0.0522. The molecule has 0 saturated carbocycles. The molecule has 6 heteroatoms. The van der Waals surface area contributed by atoms with Crippen LogP contribution in [0.2, 0.25) is 0 Å². The summed E-state index contributed by atoms with van der Waals surface area (Å²) in [7, 11) is 0. The van der Waals surface area contributed by atoms with E-state index in [9.17, 15) is 9.59 Å². The van der Waals surface area contributed by atoms with Crippen molar-refractivity contribution in [2.24, 2.45) is 0 Å². The zero-order valence-corrected chi connectivity index (χ0v) is 16.9. The standard InChI is InChI=1S/C20H30N2O3S/c1-4-11-26-12-5-10-21-19(23)8-9-20(24)22-14-16(3)25-18-7-6-15(2)13-17(18)22/h6-7,13,16H,4-5,8-12,14H2,1-3H3,(H,21,23)/t16-/m0/s1. The maximum Gasteiger partial charge on any atom is 0.227 e. The average molecular weight is 379 g/mol. The molecule has 0 saturated heterocycles. The molecule has 0 fully saturated rings. The van der Waals surface area contributed by atoms with Crippen LogP contribution in [0.5, 0.6) is 5.75 Å². The van der Waals surface area contributed by atoms with E-state index in [2.05, 4.69) is 12.2 Å². The average Bonchev–Trinajstić information content (AvgIpc) is 2.62. The van der Waals surface area contributed by atoms with Gasteiger partial charge in [-0.05, 0) is 55.9 Å². The van der Waals surface area contributed by atoms with Crippen molar-refractivity contribution in [2.75, 3.05) is 29.5 Å². The summed E-state index contributed by atoms with van der Waals surface area (Å²) >= 11 is 1.91. The van der Waals surface area contributed by atoms with Gasteiger partial charge in [0.1, 0.15) is 11.9 Å². The third-order valence-corrected chi connectivity index (χ3v) is 5.45. The zero-order chi connectivity index (χ0) is 18.9. The van der Waals surface area contributed by atoms with Crippen LogP contribution in [-0.2, 0) is 9.59 Å². The predicted molar refractivity (Wildman–Crippen MR) is 108 cm³/mol. The summed E-state index contributed by atoms with van der Waals surface area (Å²) in [4.78, 5) is 26.4. The summed E-state index contributed by atoms with van der Waals surface area (Å²) in [5, 5.41) is 2.91. The number of carbonyl (C=O) groups excluding carboxylic acids is 2. The fourth-order valence-electron chi connectivity index (χ4n) is 2.88. The van der Waals surface area contributed by atoms with Crippen LogP contribution < -0.4 is 15.0 Å². The van der Waals surface area contributed by atoms with E-state index in [1.54, 1.807) is 4.90 Å². The zero-order valence-electron chi connectivity index (χ0n) is 16.0. The smallest absolute Gasteiger partial charge is 0.227 e. The van der Waals surface area contributed by atoms with Crippen molar-refractivity contribution in [1.29, 1.82) is 0 Å². The molecule has 1 aromatic rings. The first-order valence-electron chi connectivity index (χ1n) is 9.43. The van der Waals surface area contributed by atoms with Crippen LogP contribution in [0.25, 0.3) is 0 Å². The molecule has 1 aliphatic rings. The van der Waals surface area contributed by atoms with E-state index in [4.69, 9.17) is 4.74 Å².